The zero-order chi connectivity index (χ0) is 29.9. The number of piperazine rings is 1. The van der Waals surface area contributed by atoms with E-state index in [0.717, 1.165) is 6.07 Å². The van der Waals surface area contributed by atoms with Crippen molar-refractivity contribution in [1.82, 2.24) is 15.5 Å². The third-order valence-electron chi connectivity index (χ3n) is 7.11. The van der Waals surface area contributed by atoms with E-state index in [1.807, 2.05) is 11.8 Å². The predicted octanol–water partition coefficient (Wildman–Crippen LogP) is 4.23. The van der Waals surface area contributed by atoms with Gasteiger partial charge >= 0.3 is 6.18 Å². The molecule has 0 saturated carbocycles. The Morgan fingerprint density at radius 3 is 2.54 bits per heavy atom. The third kappa shape index (κ3) is 7.64. The van der Waals surface area contributed by atoms with Crippen LogP contribution < -0.4 is 20.9 Å². The number of rotatable bonds is 8. The molecule has 0 radical (unpaired) electrons. The van der Waals surface area contributed by atoms with Gasteiger partial charge in [-0.1, -0.05) is 17.7 Å². The molecular formula is C27H29ClF5N5O3. The number of alkyl halides is 3. The molecule has 2 heterocycles. The summed E-state index contributed by atoms with van der Waals surface area (Å²) in [6.45, 7) is 2.42. The van der Waals surface area contributed by atoms with Crippen molar-refractivity contribution in [1.29, 1.82) is 0 Å². The molecule has 0 aromatic heterocycles. The number of nitrogens with one attached hydrogen (secondary N) is 3. The van der Waals surface area contributed by atoms with Crippen molar-refractivity contribution < 1.29 is 36.3 Å². The molecule has 3 amide bonds. The molecule has 2 fully saturated rings. The number of carbonyl (C=O) groups is 3. The Morgan fingerprint density at radius 1 is 1.12 bits per heavy atom. The number of hydrogen-bond donors (Lipinski definition) is 3. The number of amides is 3. The molecule has 2 atom stereocenters. The van der Waals surface area contributed by atoms with Gasteiger partial charge in [0.1, 0.15) is 6.04 Å². The minimum absolute atomic E-state index is 0.123. The van der Waals surface area contributed by atoms with Crippen LogP contribution in [0.15, 0.2) is 30.3 Å². The van der Waals surface area contributed by atoms with Crippen molar-refractivity contribution in [2.45, 2.75) is 51.0 Å². The summed E-state index contributed by atoms with van der Waals surface area (Å²) < 4.78 is 67.7. The summed E-state index contributed by atoms with van der Waals surface area (Å²) >= 11 is 6.19. The molecule has 3 N–H and O–H groups in total. The first-order valence-corrected chi connectivity index (χ1v) is 13.4. The van der Waals surface area contributed by atoms with E-state index in [4.69, 9.17) is 11.6 Å². The average molecular weight is 602 g/mol. The average Bonchev–Trinajstić information content (AvgIpc) is 3.35. The van der Waals surface area contributed by atoms with Gasteiger partial charge in [0.2, 0.25) is 11.8 Å². The lowest BCUT2D eigenvalue weighted by atomic mass is 10.1. The van der Waals surface area contributed by atoms with Crippen molar-refractivity contribution >= 4 is 40.7 Å². The van der Waals surface area contributed by atoms with E-state index in [2.05, 4.69) is 16.0 Å². The Bertz CT molecular complexity index is 1320. The van der Waals surface area contributed by atoms with Gasteiger partial charge < -0.3 is 20.9 Å². The van der Waals surface area contributed by atoms with Gasteiger partial charge in [0.05, 0.1) is 23.4 Å². The lowest BCUT2D eigenvalue weighted by Gasteiger charge is -2.42. The molecule has 14 heteroatoms. The first-order chi connectivity index (χ1) is 19.3. The summed E-state index contributed by atoms with van der Waals surface area (Å²) in [6, 6.07) is 5.94. The Labute approximate surface area is 238 Å². The van der Waals surface area contributed by atoms with Crippen LogP contribution in [0.3, 0.4) is 0 Å². The summed E-state index contributed by atoms with van der Waals surface area (Å²) in [6.07, 6.45) is -4.65. The van der Waals surface area contributed by atoms with Crippen molar-refractivity contribution in [3.8, 4) is 0 Å². The first-order valence-electron chi connectivity index (χ1n) is 13.0. The van der Waals surface area contributed by atoms with Gasteiger partial charge in [-0.3, -0.25) is 19.3 Å². The number of anilines is 2. The van der Waals surface area contributed by atoms with Gasteiger partial charge in [-0.15, -0.1) is 0 Å². The smallest absolute Gasteiger partial charge is 0.365 e. The minimum atomic E-state index is -4.25. The fourth-order valence-corrected chi connectivity index (χ4v) is 5.10. The number of nitrogens with zero attached hydrogens (tertiary/aromatic N) is 2. The van der Waals surface area contributed by atoms with Crippen LogP contribution in [-0.2, 0) is 16.1 Å². The molecular weight excluding hydrogens is 573 g/mol. The molecule has 0 bridgehead atoms. The highest BCUT2D eigenvalue weighted by molar-refractivity contribution is 6.31. The largest absolute Gasteiger partial charge is 0.390 e. The topological polar surface area (TPSA) is 93.8 Å². The molecule has 2 saturated heterocycles. The van der Waals surface area contributed by atoms with Crippen molar-refractivity contribution in [3.63, 3.8) is 0 Å². The Kier molecular flexibility index (Phi) is 9.37. The fourth-order valence-electron chi connectivity index (χ4n) is 4.93. The van der Waals surface area contributed by atoms with Crippen LogP contribution in [0.4, 0.5) is 33.3 Å². The standard InChI is InChI=1S/C27H29ClF5N5O3/c1-15-14-37(9-8-27(31,32)33)10-11-38(15)21-12-17(28)3-5-19(21)36-25(40)18-4-2-16(23(29)24(18)30)13-34-26(41)20-6-7-22(39)35-20/h2-5,12,15,20H,6-11,13-14H2,1H3,(H,34,41)(H,35,39)(H,36,40). The molecule has 0 aliphatic carbocycles. The summed E-state index contributed by atoms with van der Waals surface area (Å²) in [5, 5.41) is 7.88. The number of halogens is 6. The second-order valence-corrected chi connectivity index (χ2v) is 10.5. The van der Waals surface area contributed by atoms with E-state index in [-0.39, 0.29) is 42.7 Å². The number of benzene rings is 2. The molecule has 2 aliphatic rings. The Hall–Kier alpha value is -3.45. The Morgan fingerprint density at radius 2 is 1.88 bits per heavy atom. The van der Waals surface area contributed by atoms with Gasteiger partial charge in [-0.2, -0.15) is 13.2 Å². The van der Waals surface area contributed by atoms with Crippen LogP contribution in [0.5, 0.6) is 0 Å². The molecule has 2 aromatic carbocycles. The van der Waals surface area contributed by atoms with Crippen molar-refractivity contribution in [2.24, 2.45) is 0 Å². The first kappa shape index (κ1) is 30.5. The van der Waals surface area contributed by atoms with Crippen LogP contribution >= 0.6 is 11.6 Å². The van der Waals surface area contributed by atoms with Gasteiger partial charge in [-0.05, 0) is 37.6 Å². The minimum Gasteiger partial charge on any atom is -0.365 e. The van der Waals surface area contributed by atoms with Crippen LogP contribution in [0.1, 0.15) is 42.1 Å². The molecule has 41 heavy (non-hydrogen) atoms. The predicted molar refractivity (Wildman–Crippen MR) is 143 cm³/mol. The highest BCUT2D eigenvalue weighted by Gasteiger charge is 2.32. The monoisotopic (exact) mass is 601 g/mol. The van der Waals surface area contributed by atoms with E-state index >= 15 is 0 Å². The normalized spacial score (nSPS) is 19.7. The van der Waals surface area contributed by atoms with Crippen LogP contribution in [0, 0.1) is 11.6 Å². The van der Waals surface area contributed by atoms with E-state index < -0.39 is 47.7 Å². The molecule has 2 unspecified atom stereocenters. The van der Waals surface area contributed by atoms with Crippen LogP contribution in [-0.4, -0.2) is 67.1 Å². The maximum absolute atomic E-state index is 15.0. The van der Waals surface area contributed by atoms with Gasteiger partial charge in [-0.25, -0.2) is 8.78 Å². The molecule has 2 aromatic rings. The zero-order valence-corrected chi connectivity index (χ0v) is 22.8. The summed E-state index contributed by atoms with van der Waals surface area (Å²) in [5.74, 6) is -4.41. The third-order valence-corrected chi connectivity index (χ3v) is 7.35. The molecule has 222 valence electrons. The maximum atomic E-state index is 15.0. The van der Waals surface area contributed by atoms with E-state index in [1.165, 1.54) is 18.2 Å². The van der Waals surface area contributed by atoms with E-state index in [0.29, 0.717) is 36.8 Å². The molecule has 2 aliphatic heterocycles. The van der Waals surface area contributed by atoms with Crippen LogP contribution in [0.25, 0.3) is 0 Å². The second kappa shape index (κ2) is 12.6. The van der Waals surface area contributed by atoms with E-state index in [9.17, 15) is 36.3 Å². The van der Waals surface area contributed by atoms with E-state index in [1.54, 1.807) is 11.0 Å². The number of hydrogen-bond acceptors (Lipinski definition) is 5. The lowest BCUT2D eigenvalue weighted by molar-refractivity contribution is -0.138. The summed E-state index contributed by atoms with van der Waals surface area (Å²) in [5.41, 5.74) is 0.0189. The SMILES string of the molecule is CC1CN(CCC(F)(F)F)CCN1c1cc(Cl)ccc1NC(=O)c1ccc(CNC(=O)C2CCC(=O)N2)c(F)c1F. The molecule has 4 rings (SSSR count). The van der Waals surface area contributed by atoms with Crippen LogP contribution in [0.2, 0.25) is 5.02 Å². The summed E-state index contributed by atoms with van der Waals surface area (Å²) in [4.78, 5) is 40.1. The van der Waals surface area contributed by atoms with Gasteiger partial charge in [0, 0.05) is 55.8 Å². The molecule has 0 spiro atoms. The maximum Gasteiger partial charge on any atom is 0.390 e. The van der Waals surface area contributed by atoms with Crippen molar-refractivity contribution in [2.75, 3.05) is 36.4 Å². The van der Waals surface area contributed by atoms with Crippen molar-refractivity contribution in [3.05, 3.63) is 58.1 Å². The fraction of sp³-hybridized carbons (Fsp3) is 0.444. The zero-order valence-electron chi connectivity index (χ0n) is 22.1. The second-order valence-electron chi connectivity index (χ2n) is 10.1. The summed E-state index contributed by atoms with van der Waals surface area (Å²) in [7, 11) is 0. The van der Waals surface area contributed by atoms with Gasteiger partial charge in [0.25, 0.3) is 5.91 Å². The Balaban J connectivity index is 1.44. The quantitative estimate of drug-likeness (QED) is 0.394. The highest BCUT2D eigenvalue weighted by atomic mass is 35.5. The number of carbonyl (C=O) groups excluding carboxylic acids is 3. The van der Waals surface area contributed by atoms with Gasteiger partial charge in [0.15, 0.2) is 11.6 Å². The highest BCUT2D eigenvalue weighted by Crippen LogP contribution is 2.33. The molecule has 8 nitrogen and oxygen atoms in total. The lowest BCUT2D eigenvalue weighted by Crippen LogP contribution is -2.52.